The maximum atomic E-state index is 13.7. The summed E-state index contributed by atoms with van der Waals surface area (Å²) in [6.07, 6.45) is 0. The van der Waals surface area contributed by atoms with Crippen LogP contribution in [0.25, 0.3) is 0 Å². The van der Waals surface area contributed by atoms with Crippen molar-refractivity contribution in [1.82, 2.24) is 0 Å². The van der Waals surface area contributed by atoms with Gasteiger partial charge in [0.05, 0.1) is 34.9 Å². The van der Waals surface area contributed by atoms with E-state index in [9.17, 15) is 18.0 Å². The van der Waals surface area contributed by atoms with Crippen molar-refractivity contribution >= 4 is 44.9 Å². The van der Waals surface area contributed by atoms with E-state index >= 15 is 0 Å². The molecule has 0 aliphatic rings. The second-order valence-electron chi connectivity index (χ2n) is 7.96. The van der Waals surface area contributed by atoms with E-state index in [0.717, 1.165) is 15.4 Å². The highest BCUT2D eigenvalue weighted by Gasteiger charge is 2.30. The van der Waals surface area contributed by atoms with Crippen LogP contribution >= 0.6 is 11.6 Å². The molecule has 0 unspecified atom stereocenters. The molecule has 0 radical (unpaired) electrons. The molecule has 0 aliphatic carbocycles. The number of carbonyl (C=O) groups excluding carboxylic acids is 2. The predicted molar refractivity (Wildman–Crippen MR) is 139 cm³/mol. The first-order valence-electron chi connectivity index (χ1n) is 11.1. The van der Waals surface area contributed by atoms with E-state index in [1.165, 1.54) is 37.4 Å². The topological polar surface area (TPSA) is 102 Å². The van der Waals surface area contributed by atoms with Crippen LogP contribution in [-0.4, -0.2) is 40.6 Å². The van der Waals surface area contributed by atoms with Crippen molar-refractivity contribution < 1.29 is 27.5 Å². The number of nitrogens with one attached hydrogen (secondary N) is 1. The molecule has 0 atom stereocenters. The van der Waals surface area contributed by atoms with Gasteiger partial charge in [-0.15, -0.1) is 0 Å². The summed E-state index contributed by atoms with van der Waals surface area (Å²) in [7, 11) is -2.72. The Labute approximate surface area is 215 Å². The number of nitrogens with zero attached hydrogens (tertiary/aromatic N) is 1. The van der Waals surface area contributed by atoms with E-state index in [2.05, 4.69) is 5.32 Å². The van der Waals surface area contributed by atoms with Gasteiger partial charge in [-0.1, -0.05) is 35.4 Å². The van der Waals surface area contributed by atoms with Gasteiger partial charge in [0.15, 0.2) is 0 Å². The zero-order chi connectivity index (χ0) is 26.5. The summed E-state index contributed by atoms with van der Waals surface area (Å²) in [5, 5.41) is 2.81. The van der Waals surface area contributed by atoms with Gasteiger partial charge < -0.3 is 14.8 Å². The maximum absolute atomic E-state index is 13.7. The fourth-order valence-electron chi connectivity index (χ4n) is 3.43. The number of benzene rings is 3. The fraction of sp³-hybridized carbons (Fsp3) is 0.231. The van der Waals surface area contributed by atoms with Crippen LogP contribution in [0.2, 0.25) is 5.02 Å². The van der Waals surface area contributed by atoms with Gasteiger partial charge in [-0.05, 0) is 68.8 Å². The Kier molecular flexibility index (Phi) is 8.60. The van der Waals surface area contributed by atoms with Crippen LogP contribution in [0, 0.1) is 13.8 Å². The van der Waals surface area contributed by atoms with Crippen molar-refractivity contribution in [3.63, 3.8) is 0 Å². The molecule has 0 saturated carbocycles. The number of hydrogen-bond donors (Lipinski definition) is 1. The molecule has 3 aromatic carbocycles. The Hall–Kier alpha value is -3.56. The maximum Gasteiger partial charge on any atom is 0.339 e. The minimum absolute atomic E-state index is 0.0283. The quantitative estimate of drug-likeness (QED) is 0.392. The molecule has 8 nitrogen and oxygen atoms in total. The number of hydrogen-bond acceptors (Lipinski definition) is 6. The number of ether oxygens (including phenoxy) is 2. The molecule has 3 aromatic rings. The van der Waals surface area contributed by atoms with E-state index in [1.54, 1.807) is 37.3 Å². The van der Waals surface area contributed by atoms with Crippen LogP contribution in [0.15, 0.2) is 65.6 Å². The summed E-state index contributed by atoms with van der Waals surface area (Å²) < 4.78 is 38.8. The molecule has 3 rings (SSSR count). The molecule has 0 aromatic heterocycles. The summed E-state index contributed by atoms with van der Waals surface area (Å²) in [5.41, 5.74) is 2.24. The van der Waals surface area contributed by atoms with Crippen LogP contribution in [0.3, 0.4) is 0 Å². The molecule has 0 bridgehead atoms. The van der Waals surface area contributed by atoms with Crippen molar-refractivity contribution in [2.24, 2.45) is 0 Å². The van der Waals surface area contributed by atoms with E-state index in [4.69, 9.17) is 21.1 Å². The number of esters is 1. The highest BCUT2D eigenvalue weighted by Crippen LogP contribution is 2.33. The highest BCUT2D eigenvalue weighted by atomic mass is 35.5. The molecular weight excluding hydrogens is 504 g/mol. The molecule has 0 fully saturated rings. The molecule has 0 heterocycles. The fourth-order valence-corrected chi connectivity index (χ4v) is 5.05. The molecule has 0 saturated heterocycles. The first kappa shape index (κ1) is 27.0. The summed E-state index contributed by atoms with van der Waals surface area (Å²) in [4.78, 5) is 25.3. The average Bonchev–Trinajstić information content (AvgIpc) is 2.84. The smallest absolute Gasteiger partial charge is 0.339 e. The lowest BCUT2D eigenvalue weighted by Crippen LogP contribution is -2.38. The van der Waals surface area contributed by atoms with Crippen LogP contribution in [0.4, 0.5) is 11.4 Å². The van der Waals surface area contributed by atoms with Crippen LogP contribution in [-0.2, 0) is 19.6 Å². The lowest BCUT2D eigenvalue weighted by molar-refractivity contribution is -0.114. The zero-order valence-corrected chi connectivity index (χ0v) is 21.9. The van der Waals surface area contributed by atoms with E-state index in [1.807, 2.05) is 13.8 Å². The standard InChI is InChI=1S/C26H27ClN2O6S/c1-5-35-26(31)21-15-19(9-12-22(21)27)28-25(30)16-29(23-14-18(3)8-13-24(23)34-4)36(32,33)20-10-6-17(2)7-11-20/h6-15H,5,16H2,1-4H3,(H,28,30). The Morgan fingerprint density at radius 2 is 1.64 bits per heavy atom. The minimum atomic E-state index is -4.15. The van der Waals surface area contributed by atoms with Crippen molar-refractivity contribution in [1.29, 1.82) is 0 Å². The van der Waals surface area contributed by atoms with Crippen LogP contribution < -0.4 is 14.4 Å². The van der Waals surface area contributed by atoms with Gasteiger partial charge in [0, 0.05) is 5.69 Å². The van der Waals surface area contributed by atoms with Crippen molar-refractivity contribution in [3.8, 4) is 5.75 Å². The van der Waals surface area contributed by atoms with Crippen molar-refractivity contribution in [3.05, 3.63) is 82.4 Å². The van der Waals surface area contributed by atoms with Gasteiger partial charge in [-0.3, -0.25) is 9.10 Å². The van der Waals surface area contributed by atoms with E-state index in [-0.39, 0.29) is 33.5 Å². The van der Waals surface area contributed by atoms with E-state index < -0.39 is 28.4 Å². The largest absolute Gasteiger partial charge is 0.495 e. The summed E-state index contributed by atoms with van der Waals surface area (Å²) in [5.74, 6) is -0.974. The van der Waals surface area contributed by atoms with Gasteiger partial charge >= 0.3 is 5.97 Å². The number of methoxy groups -OCH3 is 1. The number of aryl methyl sites for hydroxylation is 2. The van der Waals surface area contributed by atoms with Gasteiger partial charge in [0.1, 0.15) is 12.3 Å². The van der Waals surface area contributed by atoms with Gasteiger partial charge in [0.2, 0.25) is 5.91 Å². The third-order valence-corrected chi connectivity index (χ3v) is 7.35. The Morgan fingerprint density at radius 3 is 2.28 bits per heavy atom. The number of sulfonamides is 1. The SMILES string of the molecule is CCOC(=O)c1cc(NC(=O)CN(c2cc(C)ccc2OC)S(=O)(=O)c2ccc(C)cc2)ccc1Cl. The van der Waals surface area contributed by atoms with Gasteiger partial charge in [-0.2, -0.15) is 0 Å². The molecule has 0 spiro atoms. The molecule has 10 heteroatoms. The van der Waals surface area contributed by atoms with Gasteiger partial charge in [0.25, 0.3) is 10.0 Å². The van der Waals surface area contributed by atoms with Crippen LogP contribution in [0.5, 0.6) is 5.75 Å². The number of rotatable bonds is 9. The average molecular weight is 531 g/mol. The van der Waals surface area contributed by atoms with Crippen molar-refractivity contribution in [2.45, 2.75) is 25.7 Å². The monoisotopic (exact) mass is 530 g/mol. The lowest BCUT2D eigenvalue weighted by atomic mass is 10.2. The normalized spacial score (nSPS) is 11.0. The molecule has 1 amide bonds. The summed E-state index contributed by atoms with van der Waals surface area (Å²) in [6.45, 7) is 4.94. The second-order valence-corrected chi connectivity index (χ2v) is 10.2. The minimum Gasteiger partial charge on any atom is -0.495 e. The summed E-state index contributed by atoms with van der Waals surface area (Å²) >= 11 is 6.10. The molecule has 36 heavy (non-hydrogen) atoms. The molecule has 0 aliphatic heterocycles. The Balaban J connectivity index is 1.99. The first-order valence-corrected chi connectivity index (χ1v) is 12.9. The molecule has 1 N–H and O–H groups in total. The summed E-state index contributed by atoms with van der Waals surface area (Å²) in [6, 6.07) is 15.7. The molecular formula is C26H27ClN2O6S. The number of amides is 1. The third kappa shape index (κ3) is 6.16. The van der Waals surface area contributed by atoms with Crippen LogP contribution in [0.1, 0.15) is 28.4 Å². The third-order valence-electron chi connectivity index (χ3n) is 5.24. The Bertz CT molecular complexity index is 1370. The number of carbonyl (C=O) groups is 2. The first-order chi connectivity index (χ1) is 17.1. The number of anilines is 2. The molecule has 190 valence electrons. The zero-order valence-electron chi connectivity index (χ0n) is 20.4. The van der Waals surface area contributed by atoms with Gasteiger partial charge in [-0.25, -0.2) is 13.2 Å². The predicted octanol–water partition coefficient (Wildman–Crippen LogP) is 4.98. The van der Waals surface area contributed by atoms with Crippen molar-refractivity contribution in [2.75, 3.05) is 29.9 Å². The lowest BCUT2D eigenvalue weighted by Gasteiger charge is -2.26. The second kappa shape index (κ2) is 11.5. The number of halogens is 1. The van der Waals surface area contributed by atoms with E-state index in [0.29, 0.717) is 5.75 Å². The highest BCUT2D eigenvalue weighted by molar-refractivity contribution is 7.92. The Morgan fingerprint density at radius 1 is 0.972 bits per heavy atom.